The van der Waals surface area contributed by atoms with Gasteiger partial charge in [0.25, 0.3) is 0 Å². The van der Waals surface area contributed by atoms with Crippen molar-refractivity contribution < 1.29 is 22.2 Å². The molecule has 35 valence electrons. The summed E-state index contributed by atoms with van der Waals surface area (Å²) in [6.45, 7) is 0. The molecule has 0 aliphatic heterocycles. The summed E-state index contributed by atoms with van der Waals surface area (Å²) in [7, 11) is 5.43. The third-order valence-electron chi connectivity index (χ3n) is 0. The molecule has 0 saturated carbocycles. The van der Waals surface area contributed by atoms with E-state index in [4.69, 9.17) is 0 Å². The fourth-order valence-corrected chi connectivity index (χ4v) is 0. The van der Waals surface area contributed by atoms with Crippen LogP contribution < -0.4 is 5.32 Å². The average Bonchev–Trinajstić information content (AvgIpc) is 1.39. The minimum absolute atomic E-state index is 0.944. The van der Waals surface area contributed by atoms with Gasteiger partial charge in [0.1, 0.15) is 0 Å². The predicted molar refractivity (Wildman–Crippen MR) is 22.0 cm³/mol. The van der Waals surface area contributed by atoms with E-state index in [2.05, 4.69) is 8.88 Å². The van der Waals surface area contributed by atoms with Crippen LogP contribution in [0.25, 0.3) is 0 Å². The van der Waals surface area contributed by atoms with Crippen LogP contribution in [0.15, 0.2) is 0 Å². The second kappa shape index (κ2) is 17.7. The van der Waals surface area contributed by atoms with E-state index in [1.54, 1.807) is 7.11 Å². The Labute approximate surface area is 49.3 Å². The van der Waals surface area contributed by atoms with Crippen LogP contribution in [0.5, 0.6) is 0 Å². The minimum atomic E-state index is 0.944. The summed E-state index contributed by atoms with van der Waals surface area (Å²) in [5, 5.41) is 2.75. The molecule has 0 heterocycles. The van der Waals surface area contributed by atoms with Gasteiger partial charge in [0.2, 0.25) is 0 Å². The summed E-state index contributed by atoms with van der Waals surface area (Å²) in [6, 6.07) is 0. The van der Waals surface area contributed by atoms with Gasteiger partial charge in [0.05, 0.1) is 0 Å². The van der Waals surface area contributed by atoms with Gasteiger partial charge >= 0.3 is 29.3 Å². The first-order valence-electron chi connectivity index (χ1n) is 1.70. The summed E-state index contributed by atoms with van der Waals surface area (Å²) in [5.74, 6) is 0. The van der Waals surface area contributed by atoms with Crippen molar-refractivity contribution in [2.45, 2.75) is 0 Å². The van der Waals surface area contributed by atoms with Gasteiger partial charge in [-0.3, -0.25) is 0 Å². The van der Waals surface area contributed by atoms with Crippen LogP contribution in [-0.2, 0) is 22.2 Å². The Morgan fingerprint density at radius 3 is 1.50 bits per heavy atom. The van der Waals surface area contributed by atoms with E-state index >= 15 is 0 Å². The zero-order valence-electron chi connectivity index (χ0n) is 4.62. The van der Waals surface area contributed by atoms with Crippen molar-refractivity contribution in [2.75, 3.05) is 21.2 Å². The first-order valence-corrected chi connectivity index (χ1v) is 2.91. The van der Waals surface area contributed by atoms with Gasteiger partial charge in [-0.15, -0.1) is 0 Å². The Kier molecular flexibility index (Phi) is 28.7. The van der Waals surface area contributed by atoms with Crippen LogP contribution in [0, 0.1) is 0 Å². The van der Waals surface area contributed by atoms with Gasteiger partial charge in [0.15, 0.2) is 0 Å². The molecule has 0 aliphatic carbocycles. The van der Waals surface area contributed by atoms with E-state index in [9.17, 15) is 0 Å². The topological polar surface area (TPSA) is 21.3 Å². The molecular formula is C3H10NOZn. The molecule has 0 aromatic carbocycles. The standard InChI is InChI=1S/C2H7N.CH3O.Zn/c1-3-2;1-2;/h3H,1-2H3;1H3;/q;-1;+1. The van der Waals surface area contributed by atoms with Crippen molar-refractivity contribution in [3.05, 3.63) is 0 Å². The molecule has 0 spiro atoms. The number of nitrogens with one attached hydrogen (secondary N) is 1. The van der Waals surface area contributed by atoms with E-state index in [0.717, 1.165) is 18.7 Å². The molecule has 0 amide bonds. The van der Waals surface area contributed by atoms with Crippen molar-refractivity contribution >= 4 is 0 Å². The SMILES string of the molecule is CNC.C[O][Zn]. The fourth-order valence-electron chi connectivity index (χ4n) is 0. The van der Waals surface area contributed by atoms with Crippen LogP contribution >= 0.6 is 0 Å². The third-order valence-corrected chi connectivity index (χ3v) is 0. The maximum absolute atomic E-state index is 4.38. The van der Waals surface area contributed by atoms with E-state index in [1.165, 1.54) is 0 Å². The Bertz CT molecular complexity index is 12.8. The van der Waals surface area contributed by atoms with Crippen molar-refractivity contribution in [2.24, 2.45) is 0 Å². The molecule has 0 unspecified atom stereocenters. The van der Waals surface area contributed by atoms with Crippen LogP contribution in [0.4, 0.5) is 0 Å². The molecule has 0 radical (unpaired) electrons. The van der Waals surface area contributed by atoms with E-state index in [-0.39, 0.29) is 0 Å². The normalized spacial score (nSPS) is 6.17. The summed E-state index contributed by atoms with van der Waals surface area (Å²) in [4.78, 5) is 0. The van der Waals surface area contributed by atoms with Crippen LogP contribution in [0.1, 0.15) is 0 Å². The Hall–Kier alpha value is 0.543. The molecule has 0 fully saturated rings. The van der Waals surface area contributed by atoms with Gasteiger partial charge in [-0.1, -0.05) is 0 Å². The Balaban J connectivity index is 0. The molecule has 3 heteroatoms. The second-order valence-electron chi connectivity index (χ2n) is 0.789. The van der Waals surface area contributed by atoms with E-state index < -0.39 is 0 Å². The number of rotatable bonds is 0. The van der Waals surface area contributed by atoms with Crippen molar-refractivity contribution in [3.63, 3.8) is 0 Å². The van der Waals surface area contributed by atoms with Gasteiger partial charge in [0, 0.05) is 0 Å². The molecule has 0 aliphatic rings. The van der Waals surface area contributed by atoms with Gasteiger partial charge in [-0.05, 0) is 14.1 Å². The molecule has 0 aromatic rings. The third kappa shape index (κ3) is 193. The van der Waals surface area contributed by atoms with Crippen LogP contribution in [-0.4, -0.2) is 21.2 Å². The second-order valence-corrected chi connectivity index (χ2v) is 2.00. The van der Waals surface area contributed by atoms with Crippen molar-refractivity contribution in [3.8, 4) is 0 Å². The summed E-state index contributed by atoms with van der Waals surface area (Å²) < 4.78 is 4.38. The first-order chi connectivity index (χ1) is 2.83. The van der Waals surface area contributed by atoms with Crippen molar-refractivity contribution in [1.82, 2.24) is 5.32 Å². The maximum atomic E-state index is 4.38. The number of hydrogen-bond donors (Lipinski definition) is 1. The molecule has 6 heavy (non-hydrogen) atoms. The van der Waals surface area contributed by atoms with E-state index in [0.29, 0.717) is 0 Å². The van der Waals surface area contributed by atoms with Crippen LogP contribution in [0.2, 0.25) is 0 Å². The number of hydrogen-bond acceptors (Lipinski definition) is 2. The predicted octanol–water partition coefficient (Wildman–Crippen LogP) is -0.0698. The zero-order valence-corrected chi connectivity index (χ0v) is 7.58. The molecule has 0 rings (SSSR count). The van der Waals surface area contributed by atoms with Crippen LogP contribution in [0.3, 0.4) is 0 Å². The molecule has 2 nitrogen and oxygen atoms in total. The molecule has 0 bridgehead atoms. The van der Waals surface area contributed by atoms with E-state index in [1.807, 2.05) is 14.1 Å². The summed E-state index contributed by atoms with van der Waals surface area (Å²) >= 11 is 0.944. The summed E-state index contributed by atoms with van der Waals surface area (Å²) in [6.07, 6.45) is 0. The summed E-state index contributed by atoms with van der Waals surface area (Å²) in [5.41, 5.74) is 0. The van der Waals surface area contributed by atoms with Gasteiger partial charge in [-0.25, -0.2) is 0 Å². The first kappa shape index (κ1) is 9.74. The molecule has 1 N–H and O–H groups in total. The monoisotopic (exact) mass is 140 g/mol. The van der Waals surface area contributed by atoms with Gasteiger partial charge < -0.3 is 5.32 Å². The quantitative estimate of drug-likeness (QED) is 0.477. The van der Waals surface area contributed by atoms with Crippen molar-refractivity contribution in [1.29, 1.82) is 0 Å². The zero-order chi connectivity index (χ0) is 5.41. The van der Waals surface area contributed by atoms with Gasteiger partial charge in [-0.2, -0.15) is 0 Å². The molecule has 0 saturated heterocycles. The molecule has 0 aromatic heterocycles. The fraction of sp³-hybridized carbons (Fsp3) is 1.00. The Morgan fingerprint density at radius 2 is 1.50 bits per heavy atom. The Morgan fingerprint density at radius 1 is 1.50 bits per heavy atom. The molecular weight excluding hydrogens is 131 g/mol. The molecule has 0 atom stereocenters. The average molecular weight is 142 g/mol.